The lowest BCUT2D eigenvalue weighted by atomic mass is 10.1. The Kier molecular flexibility index (Phi) is 3.80. The monoisotopic (exact) mass is 342 g/mol. The van der Waals surface area contributed by atoms with Crippen LogP contribution in [0.2, 0.25) is 0 Å². The molecule has 1 heterocycles. The zero-order chi connectivity index (χ0) is 14.8. The summed E-state index contributed by atoms with van der Waals surface area (Å²) in [6, 6.07) is 13.9. The molecule has 2 aromatic carbocycles. The molecular formula is C17H15BrN2O. The quantitative estimate of drug-likeness (QED) is 0.714. The highest BCUT2D eigenvalue weighted by atomic mass is 79.9. The van der Waals surface area contributed by atoms with Crippen molar-refractivity contribution in [2.75, 3.05) is 5.73 Å². The van der Waals surface area contributed by atoms with Gasteiger partial charge in [-0.2, -0.15) is 0 Å². The molecule has 106 valence electrons. The van der Waals surface area contributed by atoms with Gasteiger partial charge in [-0.25, -0.2) is 0 Å². The third kappa shape index (κ3) is 3.00. The van der Waals surface area contributed by atoms with Crippen LogP contribution in [0.5, 0.6) is 5.75 Å². The van der Waals surface area contributed by atoms with E-state index < -0.39 is 0 Å². The number of aromatic nitrogens is 1. The zero-order valence-corrected chi connectivity index (χ0v) is 13.2. The number of hydrogen-bond acceptors (Lipinski definition) is 3. The molecule has 3 aromatic rings. The summed E-state index contributed by atoms with van der Waals surface area (Å²) in [7, 11) is 0. The molecule has 0 spiro atoms. The third-order valence-electron chi connectivity index (χ3n) is 3.31. The SMILES string of the molecule is Cc1cc2c(OCc3cccc(Br)c3)ccc(N)c2cn1. The topological polar surface area (TPSA) is 48.1 Å². The molecule has 21 heavy (non-hydrogen) atoms. The Hall–Kier alpha value is -2.07. The molecule has 0 radical (unpaired) electrons. The molecule has 0 aliphatic heterocycles. The van der Waals surface area contributed by atoms with Gasteiger partial charge in [0.15, 0.2) is 0 Å². The average Bonchev–Trinajstić information content (AvgIpc) is 2.46. The number of ether oxygens (including phenoxy) is 1. The smallest absolute Gasteiger partial charge is 0.127 e. The van der Waals surface area contributed by atoms with Crippen molar-refractivity contribution in [1.29, 1.82) is 0 Å². The summed E-state index contributed by atoms with van der Waals surface area (Å²) in [6.07, 6.45) is 1.80. The Morgan fingerprint density at radius 2 is 2.00 bits per heavy atom. The van der Waals surface area contributed by atoms with Crippen LogP contribution in [0.3, 0.4) is 0 Å². The van der Waals surface area contributed by atoms with Crippen LogP contribution >= 0.6 is 15.9 Å². The molecule has 0 aliphatic rings. The minimum absolute atomic E-state index is 0.514. The first-order valence-electron chi connectivity index (χ1n) is 6.65. The second-order valence-electron chi connectivity index (χ2n) is 4.94. The summed E-state index contributed by atoms with van der Waals surface area (Å²) in [6.45, 7) is 2.47. The lowest BCUT2D eigenvalue weighted by Gasteiger charge is -2.11. The Balaban J connectivity index is 1.94. The fraction of sp³-hybridized carbons (Fsp3) is 0.118. The van der Waals surface area contributed by atoms with Gasteiger partial charge in [-0.1, -0.05) is 28.1 Å². The number of benzene rings is 2. The van der Waals surface area contributed by atoms with E-state index in [1.165, 1.54) is 0 Å². The second-order valence-corrected chi connectivity index (χ2v) is 5.86. The number of anilines is 1. The molecule has 0 saturated carbocycles. The molecule has 3 rings (SSSR count). The number of pyridine rings is 1. The number of hydrogen-bond donors (Lipinski definition) is 1. The van der Waals surface area contributed by atoms with Gasteiger partial charge in [-0.15, -0.1) is 0 Å². The Labute approximate surface area is 131 Å². The number of nitrogen functional groups attached to an aromatic ring is 1. The summed E-state index contributed by atoms with van der Waals surface area (Å²) in [5, 5.41) is 1.92. The van der Waals surface area contributed by atoms with Crippen LogP contribution in [-0.2, 0) is 6.61 Å². The van der Waals surface area contributed by atoms with E-state index in [2.05, 4.69) is 20.9 Å². The predicted molar refractivity (Wildman–Crippen MR) is 89.4 cm³/mol. The largest absolute Gasteiger partial charge is 0.488 e. The molecule has 0 atom stereocenters. The highest BCUT2D eigenvalue weighted by Crippen LogP contribution is 2.30. The minimum Gasteiger partial charge on any atom is -0.488 e. The van der Waals surface area contributed by atoms with Gasteiger partial charge in [0.2, 0.25) is 0 Å². The molecule has 0 bridgehead atoms. The van der Waals surface area contributed by atoms with E-state index in [9.17, 15) is 0 Å². The summed E-state index contributed by atoms with van der Waals surface area (Å²) >= 11 is 3.47. The van der Waals surface area contributed by atoms with Crippen LogP contribution in [0, 0.1) is 6.92 Å². The minimum atomic E-state index is 0.514. The molecule has 2 N–H and O–H groups in total. The number of nitrogens with zero attached hydrogens (tertiary/aromatic N) is 1. The van der Waals surface area contributed by atoms with Gasteiger partial charge in [0.25, 0.3) is 0 Å². The van der Waals surface area contributed by atoms with E-state index in [1.54, 1.807) is 6.20 Å². The molecule has 1 aromatic heterocycles. The third-order valence-corrected chi connectivity index (χ3v) is 3.81. The van der Waals surface area contributed by atoms with Gasteiger partial charge in [0, 0.05) is 32.8 Å². The predicted octanol–water partition coefficient (Wildman–Crippen LogP) is 4.47. The average molecular weight is 343 g/mol. The van der Waals surface area contributed by atoms with E-state index in [-0.39, 0.29) is 0 Å². The van der Waals surface area contributed by atoms with E-state index >= 15 is 0 Å². The van der Waals surface area contributed by atoms with Gasteiger partial charge in [0.1, 0.15) is 12.4 Å². The van der Waals surface area contributed by atoms with E-state index in [0.29, 0.717) is 12.3 Å². The molecule has 4 heteroatoms. The van der Waals surface area contributed by atoms with Crippen molar-refractivity contribution in [3.8, 4) is 5.75 Å². The maximum atomic E-state index is 6.00. The van der Waals surface area contributed by atoms with Crippen LogP contribution in [0.15, 0.2) is 53.1 Å². The highest BCUT2D eigenvalue weighted by Gasteiger charge is 2.07. The van der Waals surface area contributed by atoms with Crippen molar-refractivity contribution in [3.05, 3.63) is 64.4 Å². The number of fused-ring (bicyclic) bond motifs is 1. The normalized spacial score (nSPS) is 10.8. The van der Waals surface area contributed by atoms with E-state index in [0.717, 1.165) is 32.3 Å². The number of nitrogens with two attached hydrogens (primary N) is 1. The lowest BCUT2D eigenvalue weighted by Crippen LogP contribution is -1.98. The Morgan fingerprint density at radius 3 is 2.81 bits per heavy atom. The second kappa shape index (κ2) is 5.74. The van der Waals surface area contributed by atoms with Gasteiger partial charge in [-0.05, 0) is 42.8 Å². The van der Waals surface area contributed by atoms with Crippen molar-refractivity contribution < 1.29 is 4.74 Å². The number of halogens is 1. The number of rotatable bonds is 3. The van der Waals surface area contributed by atoms with Crippen molar-refractivity contribution in [3.63, 3.8) is 0 Å². The van der Waals surface area contributed by atoms with E-state index in [1.807, 2.05) is 49.4 Å². The molecule has 0 unspecified atom stereocenters. The summed E-state index contributed by atoms with van der Waals surface area (Å²) < 4.78 is 7.01. The summed E-state index contributed by atoms with van der Waals surface area (Å²) in [5.74, 6) is 0.824. The standard InChI is InChI=1S/C17H15BrN2O/c1-11-7-14-15(9-20-11)16(19)5-6-17(14)21-10-12-3-2-4-13(18)8-12/h2-9H,10,19H2,1H3. The van der Waals surface area contributed by atoms with Crippen LogP contribution in [0.1, 0.15) is 11.3 Å². The molecular weight excluding hydrogens is 328 g/mol. The molecule has 3 nitrogen and oxygen atoms in total. The first-order chi connectivity index (χ1) is 10.1. The van der Waals surface area contributed by atoms with Crippen LogP contribution in [0.25, 0.3) is 10.8 Å². The van der Waals surface area contributed by atoms with Crippen LogP contribution in [0.4, 0.5) is 5.69 Å². The van der Waals surface area contributed by atoms with Crippen molar-refractivity contribution in [2.24, 2.45) is 0 Å². The fourth-order valence-corrected chi connectivity index (χ4v) is 2.70. The Bertz CT molecular complexity index is 802. The number of aryl methyl sites for hydroxylation is 1. The van der Waals surface area contributed by atoms with Crippen LogP contribution < -0.4 is 10.5 Å². The molecule has 0 amide bonds. The maximum Gasteiger partial charge on any atom is 0.127 e. The Morgan fingerprint density at radius 1 is 1.14 bits per heavy atom. The van der Waals surface area contributed by atoms with Crippen LogP contribution in [-0.4, -0.2) is 4.98 Å². The van der Waals surface area contributed by atoms with Gasteiger partial charge in [-0.3, -0.25) is 4.98 Å². The first-order valence-corrected chi connectivity index (χ1v) is 7.45. The lowest BCUT2D eigenvalue weighted by molar-refractivity contribution is 0.310. The maximum absolute atomic E-state index is 6.00. The van der Waals surface area contributed by atoms with Gasteiger partial charge in [0.05, 0.1) is 0 Å². The molecule has 0 saturated heterocycles. The molecule has 0 fully saturated rings. The van der Waals surface area contributed by atoms with Gasteiger partial charge < -0.3 is 10.5 Å². The molecule has 0 aliphatic carbocycles. The van der Waals surface area contributed by atoms with Gasteiger partial charge >= 0.3 is 0 Å². The summed E-state index contributed by atoms with van der Waals surface area (Å²) in [5.41, 5.74) is 8.77. The highest BCUT2D eigenvalue weighted by molar-refractivity contribution is 9.10. The van der Waals surface area contributed by atoms with Crippen molar-refractivity contribution in [1.82, 2.24) is 4.98 Å². The van der Waals surface area contributed by atoms with Crippen molar-refractivity contribution in [2.45, 2.75) is 13.5 Å². The van der Waals surface area contributed by atoms with E-state index in [4.69, 9.17) is 10.5 Å². The van der Waals surface area contributed by atoms with Crippen molar-refractivity contribution >= 4 is 32.4 Å². The zero-order valence-electron chi connectivity index (χ0n) is 11.6. The fourth-order valence-electron chi connectivity index (χ4n) is 2.25. The first kappa shape index (κ1) is 13.9. The summed E-state index contributed by atoms with van der Waals surface area (Å²) in [4.78, 5) is 4.30.